The molecule has 0 aromatic carbocycles. The zero-order chi connectivity index (χ0) is 9.40. The van der Waals surface area contributed by atoms with Crippen LogP contribution in [-0.4, -0.2) is 30.6 Å². The molecule has 0 spiro atoms. The first kappa shape index (κ1) is 11.5. The second-order valence-corrected chi connectivity index (χ2v) is 2.97. The van der Waals surface area contributed by atoms with E-state index in [1.807, 2.05) is 0 Å². The fourth-order valence-corrected chi connectivity index (χ4v) is 1.37. The van der Waals surface area contributed by atoms with Crippen molar-refractivity contribution in [2.75, 3.05) is 19.6 Å². The van der Waals surface area contributed by atoms with Crippen LogP contribution in [0, 0.1) is 12.3 Å². The molecule has 0 rings (SSSR count). The minimum Gasteiger partial charge on any atom is -0.329 e. The van der Waals surface area contributed by atoms with Gasteiger partial charge in [-0.25, -0.2) is 0 Å². The molecule has 0 fully saturated rings. The summed E-state index contributed by atoms with van der Waals surface area (Å²) in [5, 5.41) is 0. The first-order valence-corrected chi connectivity index (χ1v) is 4.67. The third-order valence-corrected chi connectivity index (χ3v) is 2.06. The zero-order valence-electron chi connectivity index (χ0n) is 8.21. The minimum atomic E-state index is 0.459. The number of nitrogens with zero attached hydrogens (tertiary/aromatic N) is 1. The van der Waals surface area contributed by atoms with Crippen LogP contribution in [0.15, 0.2) is 0 Å². The van der Waals surface area contributed by atoms with Crippen LogP contribution in [0.2, 0.25) is 0 Å². The maximum atomic E-state index is 5.63. The Balaban J connectivity index is 3.97. The molecule has 0 bridgehead atoms. The summed E-state index contributed by atoms with van der Waals surface area (Å²) in [4.78, 5) is 2.28. The highest BCUT2D eigenvalue weighted by Gasteiger charge is 2.12. The second kappa shape index (κ2) is 7.15. The van der Waals surface area contributed by atoms with Gasteiger partial charge in [-0.05, 0) is 19.4 Å². The lowest BCUT2D eigenvalue weighted by Crippen LogP contribution is -2.40. The number of hydrogen-bond acceptors (Lipinski definition) is 2. The molecule has 0 aliphatic heterocycles. The molecule has 0 radical (unpaired) electrons. The average Bonchev–Trinajstić information content (AvgIpc) is 2.07. The first-order valence-electron chi connectivity index (χ1n) is 4.67. The van der Waals surface area contributed by atoms with Gasteiger partial charge in [-0.15, -0.1) is 6.42 Å². The molecule has 0 aromatic heterocycles. The van der Waals surface area contributed by atoms with Gasteiger partial charge in [0.25, 0.3) is 0 Å². The number of nitrogens with two attached hydrogens (primary N) is 1. The lowest BCUT2D eigenvalue weighted by atomic mass is 10.2. The molecule has 2 nitrogen and oxygen atoms in total. The van der Waals surface area contributed by atoms with Gasteiger partial charge in [-0.2, -0.15) is 0 Å². The Hall–Kier alpha value is -0.520. The van der Waals surface area contributed by atoms with Gasteiger partial charge in [-0.1, -0.05) is 19.8 Å². The SMILES string of the molecule is C#CCN(CCC)C(CC)CN. The fraction of sp³-hybridized carbons (Fsp3) is 0.800. The second-order valence-electron chi connectivity index (χ2n) is 2.97. The van der Waals surface area contributed by atoms with Crippen LogP contribution in [0.1, 0.15) is 26.7 Å². The molecular weight excluding hydrogens is 148 g/mol. The van der Waals surface area contributed by atoms with Gasteiger partial charge in [0.1, 0.15) is 0 Å². The highest BCUT2D eigenvalue weighted by Crippen LogP contribution is 2.02. The summed E-state index contributed by atoms with van der Waals surface area (Å²) in [6.07, 6.45) is 7.49. The summed E-state index contributed by atoms with van der Waals surface area (Å²) >= 11 is 0. The van der Waals surface area contributed by atoms with Crippen LogP contribution < -0.4 is 5.73 Å². The average molecular weight is 168 g/mol. The van der Waals surface area contributed by atoms with Crippen molar-refractivity contribution in [2.24, 2.45) is 5.73 Å². The van der Waals surface area contributed by atoms with Crippen molar-refractivity contribution >= 4 is 0 Å². The van der Waals surface area contributed by atoms with Gasteiger partial charge in [0.15, 0.2) is 0 Å². The Kier molecular flexibility index (Phi) is 6.84. The normalized spacial score (nSPS) is 12.9. The van der Waals surface area contributed by atoms with Crippen molar-refractivity contribution in [3.05, 3.63) is 0 Å². The quantitative estimate of drug-likeness (QED) is 0.601. The summed E-state index contributed by atoms with van der Waals surface area (Å²) in [5.41, 5.74) is 5.63. The molecule has 1 atom stereocenters. The highest BCUT2D eigenvalue weighted by molar-refractivity contribution is 4.90. The predicted octanol–water partition coefficient (Wildman–Crippen LogP) is 1.07. The van der Waals surface area contributed by atoms with E-state index in [1.54, 1.807) is 0 Å². The molecule has 2 N–H and O–H groups in total. The summed E-state index contributed by atoms with van der Waals surface area (Å²) in [6.45, 7) is 6.80. The largest absolute Gasteiger partial charge is 0.329 e. The maximum absolute atomic E-state index is 5.63. The Morgan fingerprint density at radius 3 is 2.50 bits per heavy atom. The smallest absolute Gasteiger partial charge is 0.0601 e. The van der Waals surface area contributed by atoms with Crippen molar-refractivity contribution in [3.8, 4) is 12.3 Å². The molecule has 0 saturated carbocycles. The fourth-order valence-electron chi connectivity index (χ4n) is 1.37. The molecule has 2 heteroatoms. The lowest BCUT2D eigenvalue weighted by molar-refractivity contribution is 0.220. The molecule has 0 aliphatic rings. The minimum absolute atomic E-state index is 0.459. The standard InChI is InChI=1S/C10H20N2/c1-4-7-12(8-5-2)10(6-3)9-11/h1,10H,5-9,11H2,2-3H3. The van der Waals surface area contributed by atoms with E-state index >= 15 is 0 Å². The van der Waals surface area contributed by atoms with Crippen molar-refractivity contribution in [1.29, 1.82) is 0 Å². The van der Waals surface area contributed by atoms with E-state index < -0.39 is 0 Å². The summed E-state index contributed by atoms with van der Waals surface area (Å²) in [6, 6.07) is 0.459. The summed E-state index contributed by atoms with van der Waals surface area (Å²) in [5.74, 6) is 2.67. The third-order valence-electron chi connectivity index (χ3n) is 2.06. The maximum Gasteiger partial charge on any atom is 0.0601 e. The lowest BCUT2D eigenvalue weighted by Gasteiger charge is -2.27. The Labute approximate surface area is 76.1 Å². The van der Waals surface area contributed by atoms with Gasteiger partial charge >= 0.3 is 0 Å². The van der Waals surface area contributed by atoms with E-state index in [2.05, 4.69) is 24.7 Å². The first-order chi connectivity index (χ1) is 5.79. The number of terminal acetylenes is 1. The van der Waals surface area contributed by atoms with Crippen LogP contribution in [0.5, 0.6) is 0 Å². The van der Waals surface area contributed by atoms with E-state index in [9.17, 15) is 0 Å². The Morgan fingerprint density at radius 2 is 2.17 bits per heavy atom. The molecule has 0 heterocycles. The summed E-state index contributed by atoms with van der Waals surface area (Å²) in [7, 11) is 0. The van der Waals surface area contributed by atoms with Crippen LogP contribution in [0.4, 0.5) is 0 Å². The van der Waals surface area contributed by atoms with Crippen LogP contribution in [0.25, 0.3) is 0 Å². The van der Waals surface area contributed by atoms with Crippen molar-refractivity contribution in [1.82, 2.24) is 4.90 Å². The highest BCUT2D eigenvalue weighted by atomic mass is 15.2. The van der Waals surface area contributed by atoms with E-state index in [0.29, 0.717) is 12.6 Å². The number of hydrogen-bond donors (Lipinski definition) is 1. The van der Waals surface area contributed by atoms with Crippen molar-refractivity contribution < 1.29 is 0 Å². The Morgan fingerprint density at radius 1 is 1.50 bits per heavy atom. The molecule has 70 valence electrons. The molecule has 0 saturated heterocycles. The molecular formula is C10H20N2. The molecule has 0 amide bonds. The number of rotatable bonds is 6. The zero-order valence-corrected chi connectivity index (χ0v) is 8.21. The van der Waals surface area contributed by atoms with Crippen molar-refractivity contribution in [2.45, 2.75) is 32.7 Å². The topological polar surface area (TPSA) is 29.3 Å². The Bertz CT molecular complexity index is 133. The van der Waals surface area contributed by atoms with E-state index in [0.717, 1.165) is 25.9 Å². The molecule has 1 unspecified atom stereocenters. The van der Waals surface area contributed by atoms with E-state index in [-0.39, 0.29) is 0 Å². The molecule has 0 aromatic rings. The third kappa shape index (κ3) is 3.75. The van der Waals surface area contributed by atoms with Crippen LogP contribution >= 0.6 is 0 Å². The van der Waals surface area contributed by atoms with Gasteiger partial charge in [0.05, 0.1) is 6.54 Å². The van der Waals surface area contributed by atoms with E-state index in [4.69, 9.17) is 12.2 Å². The predicted molar refractivity (Wildman–Crippen MR) is 53.8 cm³/mol. The van der Waals surface area contributed by atoms with Crippen LogP contribution in [-0.2, 0) is 0 Å². The van der Waals surface area contributed by atoms with Gasteiger partial charge in [-0.3, -0.25) is 4.90 Å². The van der Waals surface area contributed by atoms with Gasteiger partial charge < -0.3 is 5.73 Å². The van der Waals surface area contributed by atoms with Gasteiger partial charge in [0.2, 0.25) is 0 Å². The molecule has 12 heavy (non-hydrogen) atoms. The molecule has 0 aliphatic carbocycles. The van der Waals surface area contributed by atoms with Gasteiger partial charge in [0, 0.05) is 12.6 Å². The van der Waals surface area contributed by atoms with Crippen molar-refractivity contribution in [3.63, 3.8) is 0 Å². The van der Waals surface area contributed by atoms with E-state index in [1.165, 1.54) is 0 Å². The monoisotopic (exact) mass is 168 g/mol. The van der Waals surface area contributed by atoms with Crippen LogP contribution in [0.3, 0.4) is 0 Å². The summed E-state index contributed by atoms with van der Waals surface area (Å²) < 4.78 is 0.